The third-order valence-electron chi connectivity index (χ3n) is 7.46. The first-order valence-corrected chi connectivity index (χ1v) is 17.5. The van der Waals surface area contributed by atoms with Gasteiger partial charge in [0.05, 0.1) is 20.6 Å². The Morgan fingerprint density at radius 2 is 1.39 bits per heavy atom. The van der Waals surface area contributed by atoms with Crippen LogP contribution in [0.3, 0.4) is 0 Å². The number of hydrogen-bond acceptors (Lipinski definition) is 4. The van der Waals surface area contributed by atoms with E-state index in [1.54, 1.807) is 36.4 Å². The first-order valence-electron chi connectivity index (χ1n) is 14.5. The smallest absolute Gasteiger partial charge is 0.264 e. The van der Waals surface area contributed by atoms with E-state index in [1.165, 1.54) is 35.2 Å². The van der Waals surface area contributed by atoms with Crippen LogP contribution in [0.4, 0.5) is 5.69 Å². The van der Waals surface area contributed by atoms with Crippen LogP contribution < -0.4 is 9.62 Å². The first-order chi connectivity index (χ1) is 21.9. The van der Waals surface area contributed by atoms with E-state index in [0.29, 0.717) is 22.0 Å². The predicted molar refractivity (Wildman–Crippen MR) is 186 cm³/mol. The van der Waals surface area contributed by atoms with Gasteiger partial charge in [0, 0.05) is 34.6 Å². The zero-order valence-electron chi connectivity index (χ0n) is 25.2. The average Bonchev–Trinajstić information content (AvgIpc) is 3.04. The van der Waals surface area contributed by atoms with Crippen LogP contribution in [0.25, 0.3) is 0 Å². The zero-order chi connectivity index (χ0) is 33.4. The van der Waals surface area contributed by atoms with Gasteiger partial charge in [0.25, 0.3) is 10.0 Å². The van der Waals surface area contributed by atoms with Gasteiger partial charge >= 0.3 is 0 Å². The highest BCUT2D eigenvalue weighted by atomic mass is 35.5. The molecule has 0 aliphatic carbocycles. The van der Waals surface area contributed by atoms with Crippen LogP contribution in [-0.2, 0) is 32.6 Å². The number of carbonyl (C=O) groups excluding carboxylic acids is 2. The van der Waals surface area contributed by atoms with Gasteiger partial charge in [0.15, 0.2) is 0 Å². The van der Waals surface area contributed by atoms with Crippen LogP contribution in [0.2, 0.25) is 20.1 Å². The highest BCUT2D eigenvalue weighted by Gasteiger charge is 2.35. The minimum absolute atomic E-state index is 0.0371. The lowest BCUT2D eigenvalue weighted by molar-refractivity contribution is -0.140. The summed E-state index contributed by atoms with van der Waals surface area (Å²) in [5.41, 5.74) is 1.33. The molecule has 12 heteroatoms. The fourth-order valence-corrected chi connectivity index (χ4v) is 6.97. The number of anilines is 1. The van der Waals surface area contributed by atoms with Crippen LogP contribution >= 0.6 is 46.4 Å². The summed E-state index contributed by atoms with van der Waals surface area (Å²) >= 11 is 25.6. The Morgan fingerprint density at radius 1 is 0.783 bits per heavy atom. The van der Waals surface area contributed by atoms with Crippen molar-refractivity contribution in [1.82, 2.24) is 10.2 Å². The van der Waals surface area contributed by atoms with E-state index in [1.807, 2.05) is 44.2 Å². The molecule has 0 bridgehead atoms. The molecule has 4 aromatic rings. The van der Waals surface area contributed by atoms with Crippen LogP contribution in [0.5, 0.6) is 0 Å². The molecule has 2 atom stereocenters. The van der Waals surface area contributed by atoms with E-state index >= 15 is 0 Å². The van der Waals surface area contributed by atoms with Crippen molar-refractivity contribution in [2.45, 2.75) is 50.2 Å². The third-order valence-corrected chi connectivity index (χ3v) is 10.7. The standard InChI is InChI=1S/C34H33Cl4N3O4S/c1-3-23(2)39-34(43)32(19-24-11-6-4-7-12-24)40(21-27-28(35)15-10-16-29(27)36)33(42)22-41(25-17-18-30(37)31(38)20-25)46(44,45)26-13-8-5-9-14-26/h4-18,20,23,32H,3,19,21-22H2,1-2H3,(H,39,43)/t23-,32-/m1/s1. The number of rotatable bonds is 13. The van der Waals surface area contributed by atoms with Gasteiger partial charge in [-0.3, -0.25) is 13.9 Å². The monoisotopic (exact) mass is 719 g/mol. The Kier molecular flexibility index (Phi) is 12.4. The molecule has 0 aliphatic rings. The number of carbonyl (C=O) groups is 2. The Labute approximate surface area is 290 Å². The molecule has 0 saturated heterocycles. The van der Waals surface area contributed by atoms with Crippen molar-refractivity contribution < 1.29 is 18.0 Å². The molecule has 0 fully saturated rings. The molecule has 1 N–H and O–H groups in total. The zero-order valence-corrected chi connectivity index (χ0v) is 29.0. The lowest BCUT2D eigenvalue weighted by Crippen LogP contribution is -2.54. The summed E-state index contributed by atoms with van der Waals surface area (Å²) < 4.78 is 29.1. The molecule has 7 nitrogen and oxygen atoms in total. The minimum atomic E-state index is -4.30. The number of nitrogens with zero attached hydrogens (tertiary/aromatic N) is 2. The molecule has 0 aliphatic heterocycles. The highest BCUT2D eigenvalue weighted by molar-refractivity contribution is 7.92. The number of sulfonamides is 1. The van der Waals surface area contributed by atoms with E-state index in [9.17, 15) is 18.0 Å². The molecule has 4 rings (SSSR count). The maximum Gasteiger partial charge on any atom is 0.264 e. The lowest BCUT2D eigenvalue weighted by Gasteiger charge is -2.34. The largest absolute Gasteiger partial charge is 0.352 e. The van der Waals surface area contributed by atoms with E-state index in [-0.39, 0.29) is 39.6 Å². The Balaban J connectivity index is 1.85. The van der Waals surface area contributed by atoms with Crippen molar-refractivity contribution in [2.75, 3.05) is 10.8 Å². The van der Waals surface area contributed by atoms with Gasteiger partial charge in [-0.05, 0) is 61.4 Å². The number of benzene rings is 4. The predicted octanol–water partition coefficient (Wildman–Crippen LogP) is 8.05. The highest BCUT2D eigenvalue weighted by Crippen LogP contribution is 2.32. The van der Waals surface area contributed by atoms with Gasteiger partial charge < -0.3 is 10.2 Å². The summed E-state index contributed by atoms with van der Waals surface area (Å²) in [6, 6.07) is 25.0. The Morgan fingerprint density at radius 3 is 1.98 bits per heavy atom. The minimum Gasteiger partial charge on any atom is -0.352 e. The van der Waals surface area contributed by atoms with E-state index in [4.69, 9.17) is 46.4 Å². The second-order valence-electron chi connectivity index (χ2n) is 10.7. The molecule has 46 heavy (non-hydrogen) atoms. The fourth-order valence-electron chi connectivity index (χ4n) is 4.74. The maximum atomic E-state index is 14.6. The van der Waals surface area contributed by atoms with Crippen LogP contribution in [0.15, 0.2) is 102 Å². The van der Waals surface area contributed by atoms with Gasteiger partial charge in [-0.1, -0.05) is 108 Å². The second-order valence-corrected chi connectivity index (χ2v) is 14.2. The molecular weight excluding hydrogens is 688 g/mol. The van der Waals surface area contributed by atoms with Crippen LogP contribution in [0, 0.1) is 0 Å². The molecule has 0 spiro atoms. The van der Waals surface area contributed by atoms with E-state index < -0.39 is 34.4 Å². The SMILES string of the molecule is CC[C@@H](C)NC(=O)[C@@H](Cc1ccccc1)N(Cc1c(Cl)cccc1Cl)C(=O)CN(c1ccc(Cl)c(Cl)c1)S(=O)(=O)c1ccccc1. The average molecular weight is 722 g/mol. The summed E-state index contributed by atoms with van der Waals surface area (Å²) in [7, 11) is -4.30. The molecule has 0 radical (unpaired) electrons. The number of hydrogen-bond donors (Lipinski definition) is 1. The summed E-state index contributed by atoms with van der Waals surface area (Å²) in [5, 5.41) is 3.91. The number of amides is 2. The van der Waals surface area contributed by atoms with Crippen molar-refractivity contribution in [1.29, 1.82) is 0 Å². The van der Waals surface area contributed by atoms with Gasteiger partial charge in [0.1, 0.15) is 12.6 Å². The second kappa shape index (κ2) is 16.0. The molecule has 0 heterocycles. The Hall–Kier alpha value is -3.27. The summed E-state index contributed by atoms with van der Waals surface area (Å²) in [6.07, 6.45) is 0.809. The van der Waals surface area contributed by atoms with Crippen molar-refractivity contribution in [3.63, 3.8) is 0 Å². The normalized spacial score (nSPS) is 12.7. The van der Waals surface area contributed by atoms with E-state index in [2.05, 4.69) is 5.32 Å². The quantitative estimate of drug-likeness (QED) is 0.152. The van der Waals surface area contributed by atoms with Crippen LogP contribution in [-0.4, -0.2) is 43.8 Å². The topological polar surface area (TPSA) is 86.8 Å². The molecule has 242 valence electrons. The van der Waals surface area contributed by atoms with Crippen molar-refractivity contribution in [2.24, 2.45) is 0 Å². The lowest BCUT2D eigenvalue weighted by atomic mass is 10.0. The van der Waals surface area contributed by atoms with Gasteiger partial charge in [-0.15, -0.1) is 0 Å². The van der Waals surface area contributed by atoms with E-state index in [0.717, 1.165) is 9.87 Å². The molecule has 0 saturated carbocycles. The Bertz CT molecular complexity index is 1760. The molecule has 0 unspecified atom stereocenters. The molecule has 4 aromatic carbocycles. The number of halogens is 4. The molecule has 2 amide bonds. The summed E-state index contributed by atoms with van der Waals surface area (Å²) in [5.74, 6) is -1.07. The van der Waals surface area contributed by atoms with Crippen LogP contribution in [0.1, 0.15) is 31.4 Å². The molecular formula is C34H33Cl4N3O4S. The summed E-state index contributed by atoms with van der Waals surface area (Å²) in [6.45, 7) is 2.97. The van der Waals surface area contributed by atoms with Gasteiger partial charge in [0.2, 0.25) is 11.8 Å². The van der Waals surface area contributed by atoms with Gasteiger partial charge in [-0.2, -0.15) is 0 Å². The third kappa shape index (κ3) is 8.75. The number of nitrogens with one attached hydrogen (secondary N) is 1. The first kappa shape index (κ1) is 35.6. The van der Waals surface area contributed by atoms with Gasteiger partial charge in [-0.25, -0.2) is 8.42 Å². The summed E-state index contributed by atoms with van der Waals surface area (Å²) in [4.78, 5) is 29.8. The fraction of sp³-hybridized carbons (Fsp3) is 0.235. The van der Waals surface area contributed by atoms with Crippen molar-refractivity contribution in [3.8, 4) is 0 Å². The van der Waals surface area contributed by atoms with Crippen molar-refractivity contribution in [3.05, 3.63) is 128 Å². The molecule has 0 aromatic heterocycles. The maximum absolute atomic E-state index is 14.6. The van der Waals surface area contributed by atoms with Crippen molar-refractivity contribution >= 4 is 73.9 Å².